The van der Waals surface area contributed by atoms with Crippen LogP contribution in [0.1, 0.15) is 30.9 Å². The van der Waals surface area contributed by atoms with Crippen LogP contribution in [-0.4, -0.2) is 38.3 Å². The van der Waals surface area contributed by atoms with Crippen LogP contribution in [0.15, 0.2) is 24.3 Å². The number of hydrogen-bond acceptors (Lipinski definition) is 3. The minimum absolute atomic E-state index is 0.440. The van der Waals surface area contributed by atoms with Gasteiger partial charge in [-0.1, -0.05) is 31.2 Å². The van der Waals surface area contributed by atoms with Crippen molar-refractivity contribution in [1.29, 1.82) is 0 Å². The maximum atomic E-state index is 5.67. The second kappa shape index (κ2) is 8.25. The first-order valence-corrected chi connectivity index (χ1v) is 6.72. The molecule has 1 rings (SSSR count). The first-order valence-electron chi connectivity index (χ1n) is 6.72. The van der Waals surface area contributed by atoms with Crippen LogP contribution in [0.4, 0.5) is 0 Å². The van der Waals surface area contributed by atoms with Gasteiger partial charge >= 0.3 is 0 Å². The van der Waals surface area contributed by atoms with Crippen LogP contribution in [0.2, 0.25) is 0 Å². The maximum absolute atomic E-state index is 5.67. The summed E-state index contributed by atoms with van der Waals surface area (Å²) in [6.07, 6.45) is 0. The van der Waals surface area contributed by atoms with Crippen LogP contribution in [0.5, 0.6) is 0 Å². The Kier molecular flexibility index (Phi) is 6.94. The molecular formula is C15H26N2O. The van der Waals surface area contributed by atoms with Gasteiger partial charge in [-0.15, -0.1) is 0 Å². The van der Waals surface area contributed by atoms with Gasteiger partial charge in [0.25, 0.3) is 0 Å². The van der Waals surface area contributed by atoms with Gasteiger partial charge in [-0.05, 0) is 37.6 Å². The monoisotopic (exact) mass is 250 g/mol. The molecule has 1 aromatic rings. The molecule has 1 unspecified atom stereocenters. The predicted octanol–water partition coefficient (Wildman–Crippen LogP) is 2.22. The second-order valence-electron chi connectivity index (χ2n) is 4.81. The molecule has 0 fully saturated rings. The summed E-state index contributed by atoms with van der Waals surface area (Å²) in [7, 11) is 2.12. The zero-order valence-corrected chi connectivity index (χ0v) is 11.9. The highest BCUT2D eigenvalue weighted by atomic mass is 16.5. The predicted molar refractivity (Wildman–Crippen MR) is 76.7 cm³/mol. The summed E-state index contributed by atoms with van der Waals surface area (Å²) in [5.41, 5.74) is 8.32. The first kappa shape index (κ1) is 15.2. The molecule has 102 valence electrons. The zero-order chi connectivity index (χ0) is 13.4. The molecule has 0 aliphatic carbocycles. The number of rotatable bonds is 8. The minimum Gasteiger partial charge on any atom is -0.380 e. The first-order chi connectivity index (χ1) is 8.67. The third-order valence-corrected chi connectivity index (χ3v) is 3.18. The van der Waals surface area contributed by atoms with E-state index in [1.54, 1.807) is 0 Å². The van der Waals surface area contributed by atoms with Gasteiger partial charge < -0.3 is 10.5 Å². The smallest absolute Gasteiger partial charge is 0.0593 e. The summed E-state index contributed by atoms with van der Waals surface area (Å²) in [5.74, 6) is 0.440. The van der Waals surface area contributed by atoms with E-state index in [4.69, 9.17) is 10.5 Å². The van der Waals surface area contributed by atoms with Gasteiger partial charge in [-0.3, -0.25) is 4.90 Å². The summed E-state index contributed by atoms with van der Waals surface area (Å²) in [5, 5.41) is 0. The Bertz CT molecular complexity index is 324. The Labute approximate surface area is 111 Å². The van der Waals surface area contributed by atoms with Gasteiger partial charge in [0, 0.05) is 19.7 Å². The molecule has 0 radical (unpaired) electrons. The van der Waals surface area contributed by atoms with Crippen molar-refractivity contribution in [3.8, 4) is 0 Å². The molecule has 0 saturated heterocycles. The summed E-state index contributed by atoms with van der Waals surface area (Å²) >= 11 is 0. The van der Waals surface area contributed by atoms with Crippen molar-refractivity contribution in [3.63, 3.8) is 0 Å². The molecule has 0 bridgehead atoms. The van der Waals surface area contributed by atoms with Gasteiger partial charge in [-0.2, -0.15) is 0 Å². The molecule has 0 aromatic heterocycles. The van der Waals surface area contributed by atoms with E-state index in [1.165, 1.54) is 11.1 Å². The van der Waals surface area contributed by atoms with Crippen molar-refractivity contribution in [1.82, 2.24) is 4.90 Å². The van der Waals surface area contributed by atoms with Crippen molar-refractivity contribution in [3.05, 3.63) is 35.4 Å². The summed E-state index contributed by atoms with van der Waals surface area (Å²) in [4.78, 5) is 2.27. The Morgan fingerprint density at radius 2 is 1.94 bits per heavy atom. The van der Waals surface area contributed by atoms with Crippen LogP contribution >= 0.6 is 0 Å². The minimum atomic E-state index is 0.440. The zero-order valence-electron chi connectivity index (χ0n) is 11.9. The average molecular weight is 250 g/mol. The average Bonchev–Trinajstić information content (AvgIpc) is 2.39. The number of nitrogens with two attached hydrogens (primary N) is 1. The quantitative estimate of drug-likeness (QED) is 0.719. The van der Waals surface area contributed by atoms with Gasteiger partial charge in [-0.25, -0.2) is 0 Å². The SMILES string of the molecule is CCOCCN(C)Cc1ccc(C(C)CN)cc1. The van der Waals surface area contributed by atoms with E-state index >= 15 is 0 Å². The van der Waals surface area contributed by atoms with Crippen LogP contribution in [0.25, 0.3) is 0 Å². The summed E-state index contributed by atoms with van der Waals surface area (Å²) < 4.78 is 5.35. The fourth-order valence-corrected chi connectivity index (χ4v) is 1.84. The van der Waals surface area contributed by atoms with Gasteiger partial charge in [0.15, 0.2) is 0 Å². The van der Waals surface area contributed by atoms with Gasteiger partial charge in [0.2, 0.25) is 0 Å². The lowest BCUT2D eigenvalue weighted by Gasteiger charge is -2.17. The Hall–Kier alpha value is -0.900. The maximum Gasteiger partial charge on any atom is 0.0593 e. The van der Waals surface area contributed by atoms with Crippen LogP contribution in [0, 0.1) is 0 Å². The molecule has 3 heteroatoms. The highest BCUT2D eigenvalue weighted by Crippen LogP contribution is 2.15. The fraction of sp³-hybridized carbons (Fsp3) is 0.600. The highest BCUT2D eigenvalue weighted by Gasteiger charge is 2.04. The number of hydrogen-bond donors (Lipinski definition) is 1. The normalized spacial score (nSPS) is 12.9. The van der Waals surface area contributed by atoms with E-state index in [-0.39, 0.29) is 0 Å². The van der Waals surface area contributed by atoms with E-state index in [1.807, 2.05) is 6.92 Å². The molecule has 0 spiro atoms. The van der Waals surface area contributed by atoms with E-state index in [0.29, 0.717) is 12.5 Å². The number of nitrogens with zero attached hydrogens (tertiary/aromatic N) is 1. The van der Waals surface area contributed by atoms with Crippen LogP contribution in [0.3, 0.4) is 0 Å². The lowest BCUT2D eigenvalue weighted by molar-refractivity contribution is 0.120. The lowest BCUT2D eigenvalue weighted by Crippen LogP contribution is -2.22. The van der Waals surface area contributed by atoms with Crippen LogP contribution < -0.4 is 5.73 Å². The Balaban J connectivity index is 2.43. The molecule has 0 saturated carbocycles. The molecule has 18 heavy (non-hydrogen) atoms. The third-order valence-electron chi connectivity index (χ3n) is 3.18. The van der Waals surface area contributed by atoms with Crippen molar-refractivity contribution in [2.45, 2.75) is 26.3 Å². The largest absolute Gasteiger partial charge is 0.380 e. The van der Waals surface area contributed by atoms with Crippen LogP contribution in [-0.2, 0) is 11.3 Å². The second-order valence-corrected chi connectivity index (χ2v) is 4.81. The topological polar surface area (TPSA) is 38.5 Å². The highest BCUT2D eigenvalue weighted by molar-refractivity contribution is 5.25. The molecule has 3 nitrogen and oxygen atoms in total. The summed E-state index contributed by atoms with van der Waals surface area (Å²) in [6.45, 7) is 8.40. The Morgan fingerprint density at radius 1 is 1.28 bits per heavy atom. The molecule has 0 aliphatic rings. The standard InChI is InChI=1S/C15H26N2O/c1-4-18-10-9-17(3)12-14-5-7-15(8-6-14)13(2)11-16/h5-8,13H,4,9-12,16H2,1-3H3. The lowest BCUT2D eigenvalue weighted by atomic mass is 10.00. The molecule has 1 atom stereocenters. The molecular weight excluding hydrogens is 224 g/mol. The number of benzene rings is 1. The van der Waals surface area contributed by atoms with Crippen molar-refractivity contribution in [2.24, 2.45) is 5.73 Å². The van der Waals surface area contributed by atoms with Crippen molar-refractivity contribution >= 4 is 0 Å². The molecule has 2 N–H and O–H groups in total. The molecule has 0 amide bonds. The fourth-order valence-electron chi connectivity index (χ4n) is 1.84. The number of likely N-dealkylation sites (N-methyl/N-ethyl adjacent to an activating group) is 1. The molecule has 0 aliphatic heterocycles. The molecule has 0 heterocycles. The molecule has 1 aromatic carbocycles. The van der Waals surface area contributed by atoms with Gasteiger partial charge in [0.1, 0.15) is 0 Å². The van der Waals surface area contributed by atoms with Crippen molar-refractivity contribution in [2.75, 3.05) is 33.4 Å². The van der Waals surface area contributed by atoms with Gasteiger partial charge in [0.05, 0.1) is 6.61 Å². The van der Waals surface area contributed by atoms with E-state index in [9.17, 15) is 0 Å². The van der Waals surface area contributed by atoms with E-state index in [2.05, 4.69) is 43.1 Å². The van der Waals surface area contributed by atoms with E-state index in [0.717, 1.165) is 26.3 Å². The Morgan fingerprint density at radius 3 is 2.50 bits per heavy atom. The van der Waals surface area contributed by atoms with E-state index < -0.39 is 0 Å². The number of ether oxygens (including phenoxy) is 1. The summed E-state index contributed by atoms with van der Waals surface area (Å²) in [6, 6.07) is 8.75. The van der Waals surface area contributed by atoms with Crippen molar-refractivity contribution < 1.29 is 4.74 Å². The third kappa shape index (κ3) is 5.17.